The summed E-state index contributed by atoms with van der Waals surface area (Å²) in [5, 5.41) is 11.3. The normalized spacial score (nSPS) is 11.3. The first kappa shape index (κ1) is 15.5. The molecule has 9 heteroatoms. The van der Waals surface area contributed by atoms with Gasteiger partial charge in [-0.1, -0.05) is 0 Å². The zero-order valence-corrected chi connectivity index (χ0v) is 12.6. The molecular weight excluding hydrogens is 292 g/mol. The number of nitrogens with zero attached hydrogens (tertiary/aromatic N) is 1. The fourth-order valence-electron chi connectivity index (χ4n) is 1.91. The monoisotopic (exact) mass is 308 g/mol. The molecule has 3 N–H and O–H groups in total. The number of aromatic nitrogens is 3. The Morgan fingerprint density at radius 2 is 2.09 bits per heavy atom. The summed E-state index contributed by atoms with van der Waals surface area (Å²) >= 11 is 0. The van der Waals surface area contributed by atoms with E-state index in [0.717, 1.165) is 0 Å². The predicted molar refractivity (Wildman–Crippen MR) is 74.5 cm³/mol. The summed E-state index contributed by atoms with van der Waals surface area (Å²) in [5.41, 5.74) is -1.02. The topological polar surface area (TPSA) is 130 Å². The number of carbonyl (C=O) groups is 2. The Bertz CT molecular complexity index is 767. The number of rotatable bonds is 4. The maximum absolute atomic E-state index is 12.2. The van der Waals surface area contributed by atoms with Gasteiger partial charge < -0.3 is 14.6 Å². The van der Waals surface area contributed by atoms with Gasteiger partial charge in [0.25, 0.3) is 11.5 Å². The minimum atomic E-state index is -0.896. The van der Waals surface area contributed by atoms with E-state index in [9.17, 15) is 14.4 Å². The smallest absolute Gasteiger partial charge is 0.358 e. The second kappa shape index (κ2) is 5.51. The van der Waals surface area contributed by atoms with E-state index in [4.69, 9.17) is 4.52 Å². The molecule has 0 saturated carbocycles. The molecule has 0 aliphatic carbocycles. The fraction of sp³-hybridized carbons (Fsp3) is 0.385. The van der Waals surface area contributed by atoms with Gasteiger partial charge in [0.2, 0.25) is 0 Å². The lowest BCUT2D eigenvalue weighted by molar-refractivity contribution is 0.0594. The molecule has 0 aromatic carbocycles. The van der Waals surface area contributed by atoms with E-state index in [1.807, 2.05) is 0 Å². The third-order valence-electron chi connectivity index (χ3n) is 3.17. The summed E-state index contributed by atoms with van der Waals surface area (Å²) in [6.07, 6.45) is 0. The van der Waals surface area contributed by atoms with Gasteiger partial charge in [-0.15, -0.1) is 0 Å². The summed E-state index contributed by atoms with van der Waals surface area (Å²) in [6.45, 7) is 4.90. The zero-order chi connectivity index (χ0) is 16.5. The van der Waals surface area contributed by atoms with Gasteiger partial charge in [-0.2, -0.15) is 10.3 Å². The second-order valence-corrected chi connectivity index (χ2v) is 5.20. The van der Waals surface area contributed by atoms with Crippen LogP contribution in [-0.4, -0.2) is 34.3 Å². The lowest BCUT2D eigenvalue weighted by atomic mass is 9.99. The van der Waals surface area contributed by atoms with Crippen LogP contribution in [0.5, 0.6) is 0 Å². The van der Waals surface area contributed by atoms with Gasteiger partial charge in [0.05, 0.1) is 18.3 Å². The largest absolute Gasteiger partial charge is 0.464 e. The van der Waals surface area contributed by atoms with Crippen LogP contribution in [-0.2, 0) is 10.3 Å². The van der Waals surface area contributed by atoms with Crippen LogP contribution in [0.2, 0.25) is 0 Å². The SMILES string of the molecule is COC(=O)c1cc(C(C)(C)NC(=O)c2c(C)o[nH]c2=O)[nH]n1. The Morgan fingerprint density at radius 3 is 2.64 bits per heavy atom. The van der Waals surface area contributed by atoms with E-state index in [0.29, 0.717) is 5.69 Å². The number of aromatic amines is 2. The molecule has 0 atom stereocenters. The van der Waals surface area contributed by atoms with Crippen molar-refractivity contribution in [3.05, 3.63) is 39.1 Å². The molecule has 0 radical (unpaired) electrons. The first-order chi connectivity index (χ1) is 10.3. The minimum Gasteiger partial charge on any atom is -0.464 e. The molecule has 0 unspecified atom stereocenters. The molecule has 9 nitrogen and oxygen atoms in total. The summed E-state index contributed by atoms with van der Waals surface area (Å²) in [4.78, 5) is 35.2. The quantitative estimate of drug-likeness (QED) is 0.703. The Hall–Kier alpha value is -2.84. The standard InChI is InChI=1S/C13H16N4O5/c1-6-9(11(19)17-22-6)10(18)14-13(2,3)8-5-7(15-16-8)12(20)21-4/h5H,1-4H3,(H,14,18)(H,15,16)(H,17,19). The van der Waals surface area contributed by atoms with Crippen LogP contribution in [0.15, 0.2) is 15.4 Å². The molecule has 2 rings (SSSR count). The van der Waals surface area contributed by atoms with Crippen LogP contribution >= 0.6 is 0 Å². The highest BCUT2D eigenvalue weighted by Crippen LogP contribution is 2.19. The van der Waals surface area contributed by atoms with Crippen molar-refractivity contribution in [2.45, 2.75) is 26.3 Å². The van der Waals surface area contributed by atoms with Gasteiger partial charge in [-0.05, 0) is 26.8 Å². The van der Waals surface area contributed by atoms with Gasteiger partial charge >= 0.3 is 5.97 Å². The first-order valence-corrected chi connectivity index (χ1v) is 6.41. The van der Waals surface area contributed by atoms with Gasteiger partial charge in [-0.25, -0.2) is 4.79 Å². The number of H-pyrrole nitrogens is 2. The van der Waals surface area contributed by atoms with Crippen LogP contribution < -0.4 is 10.9 Å². The first-order valence-electron chi connectivity index (χ1n) is 6.41. The molecule has 0 spiro atoms. The average molecular weight is 308 g/mol. The van der Waals surface area contributed by atoms with E-state index >= 15 is 0 Å². The number of nitrogens with one attached hydrogen (secondary N) is 3. The van der Waals surface area contributed by atoms with Crippen molar-refractivity contribution in [3.63, 3.8) is 0 Å². The predicted octanol–water partition coefficient (Wildman–Crippen LogP) is 0.451. The summed E-state index contributed by atoms with van der Waals surface area (Å²) in [7, 11) is 1.25. The number of esters is 1. The van der Waals surface area contributed by atoms with Gasteiger partial charge in [0, 0.05) is 0 Å². The third kappa shape index (κ3) is 2.78. The molecule has 0 bridgehead atoms. The Kier molecular flexibility index (Phi) is 3.89. The molecule has 0 aliphatic heterocycles. The lowest BCUT2D eigenvalue weighted by Crippen LogP contribution is -2.42. The van der Waals surface area contributed by atoms with Gasteiger partial charge in [-0.3, -0.25) is 14.7 Å². The average Bonchev–Trinajstić information content (AvgIpc) is 3.05. The Labute approximate surface area is 125 Å². The highest BCUT2D eigenvalue weighted by atomic mass is 16.5. The number of hydrogen-bond acceptors (Lipinski definition) is 6. The maximum Gasteiger partial charge on any atom is 0.358 e. The van der Waals surface area contributed by atoms with Crippen molar-refractivity contribution in [1.29, 1.82) is 0 Å². The van der Waals surface area contributed by atoms with Crippen LogP contribution in [0.4, 0.5) is 0 Å². The van der Waals surface area contributed by atoms with E-state index in [-0.39, 0.29) is 17.0 Å². The van der Waals surface area contributed by atoms with Crippen molar-refractivity contribution in [2.24, 2.45) is 0 Å². The Balaban J connectivity index is 2.24. The van der Waals surface area contributed by atoms with Crippen molar-refractivity contribution >= 4 is 11.9 Å². The van der Waals surface area contributed by atoms with Crippen LogP contribution in [0, 0.1) is 6.92 Å². The minimum absolute atomic E-state index is 0.0946. The number of carbonyl (C=O) groups excluding carboxylic acids is 2. The maximum atomic E-state index is 12.2. The number of ether oxygens (including phenoxy) is 1. The molecule has 0 aliphatic rings. The summed E-state index contributed by atoms with van der Waals surface area (Å²) in [5.74, 6) is -0.989. The molecular formula is C13H16N4O5. The number of methoxy groups -OCH3 is 1. The fourth-order valence-corrected chi connectivity index (χ4v) is 1.91. The van der Waals surface area contributed by atoms with Crippen LogP contribution in [0.3, 0.4) is 0 Å². The van der Waals surface area contributed by atoms with Crippen LogP contribution in [0.1, 0.15) is 46.1 Å². The summed E-state index contributed by atoms with van der Waals surface area (Å²) in [6, 6.07) is 1.47. The van der Waals surface area contributed by atoms with E-state index in [1.54, 1.807) is 13.8 Å². The number of hydrogen-bond donors (Lipinski definition) is 3. The van der Waals surface area contributed by atoms with Crippen molar-refractivity contribution in [2.75, 3.05) is 7.11 Å². The second-order valence-electron chi connectivity index (χ2n) is 5.20. The van der Waals surface area contributed by atoms with Gasteiger partial charge in [0.15, 0.2) is 5.69 Å². The zero-order valence-electron chi connectivity index (χ0n) is 12.6. The molecule has 0 fully saturated rings. The van der Waals surface area contributed by atoms with Crippen molar-refractivity contribution in [3.8, 4) is 0 Å². The molecule has 2 aromatic heterocycles. The molecule has 22 heavy (non-hydrogen) atoms. The van der Waals surface area contributed by atoms with E-state index in [2.05, 4.69) is 25.4 Å². The summed E-state index contributed by atoms with van der Waals surface area (Å²) < 4.78 is 9.37. The molecule has 118 valence electrons. The van der Waals surface area contributed by atoms with E-state index < -0.39 is 23.0 Å². The van der Waals surface area contributed by atoms with E-state index in [1.165, 1.54) is 20.1 Å². The van der Waals surface area contributed by atoms with Crippen molar-refractivity contribution in [1.82, 2.24) is 20.7 Å². The highest BCUT2D eigenvalue weighted by molar-refractivity contribution is 5.95. The molecule has 0 saturated heterocycles. The third-order valence-corrected chi connectivity index (χ3v) is 3.17. The highest BCUT2D eigenvalue weighted by Gasteiger charge is 2.29. The Morgan fingerprint density at radius 1 is 1.41 bits per heavy atom. The van der Waals surface area contributed by atoms with Crippen molar-refractivity contribution < 1.29 is 18.8 Å². The number of amides is 1. The molecule has 2 aromatic rings. The molecule has 1 amide bonds. The number of aryl methyl sites for hydroxylation is 1. The van der Waals surface area contributed by atoms with Gasteiger partial charge in [0.1, 0.15) is 11.3 Å². The molecule has 2 heterocycles. The lowest BCUT2D eigenvalue weighted by Gasteiger charge is -2.24. The van der Waals surface area contributed by atoms with Crippen LogP contribution in [0.25, 0.3) is 0 Å².